The number of benzene rings is 1. The third-order valence-electron chi connectivity index (χ3n) is 3.33. The fraction of sp³-hybridized carbons (Fsp3) is 0.200. The third-order valence-corrected chi connectivity index (χ3v) is 4.00. The number of aromatic nitrogens is 4. The zero-order valence-electron chi connectivity index (χ0n) is 11.2. The summed E-state index contributed by atoms with van der Waals surface area (Å²) in [5.41, 5.74) is 2.39. The summed E-state index contributed by atoms with van der Waals surface area (Å²) in [7, 11) is 1.98. The average molecular weight is 378 g/mol. The lowest BCUT2D eigenvalue weighted by molar-refractivity contribution is 0.640. The van der Waals surface area contributed by atoms with E-state index in [1.165, 1.54) is 9.26 Å². The highest BCUT2D eigenvalue weighted by atomic mass is 127. The van der Waals surface area contributed by atoms with Gasteiger partial charge in [-0.25, -0.2) is 4.98 Å². The quantitative estimate of drug-likeness (QED) is 0.654. The second-order valence-electron chi connectivity index (χ2n) is 4.65. The lowest BCUT2D eigenvalue weighted by Gasteiger charge is -2.08. The Morgan fingerprint density at radius 1 is 1.20 bits per heavy atom. The lowest BCUT2D eigenvalue weighted by atomic mass is 10.2. The van der Waals surface area contributed by atoms with Crippen molar-refractivity contribution in [3.8, 4) is 11.4 Å². The largest absolute Gasteiger partial charge is 0.331 e. The zero-order valence-corrected chi connectivity index (χ0v) is 13.4. The number of rotatable bonds is 4. The standard InChI is InChI=1S/C15H15IN4/c1-19-14(5-7-18-19)6-9-20-10-8-17-15(20)12-3-2-4-13(16)11-12/h2-5,7-8,10-11H,6,9H2,1H3. The molecule has 0 spiro atoms. The molecular formula is C15H15IN4. The molecule has 3 rings (SSSR count). The van der Waals surface area contributed by atoms with Gasteiger partial charge in [-0.2, -0.15) is 5.10 Å². The molecule has 1 aromatic carbocycles. The summed E-state index contributed by atoms with van der Waals surface area (Å²) in [4.78, 5) is 4.49. The highest BCUT2D eigenvalue weighted by Crippen LogP contribution is 2.20. The summed E-state index contributed by atoms with van der Waals surface area (Å²) in [6.07, 6.45) is 6.68. The van der Waals surface area contributed by atoms with Crippen LogP contribution < -0.4 is 0 Å². The Labute approximate surface area is 131 Å². The molecule has 0 saturated heterocycles. The van der Waals surface area contributed by atoms with Gasteiger partial charge in [0.2, 0.25) is 0 Å². The maximum atomic E-state index is 4.49. The van der Waals surface area contributed by atoms with Gasteiger partial charge in [0, 0.05) is 53.4 Å². The number of hydrogen-bond donors (Lipinski definition) is 0. The van der Waals surface area contributed by atoms with Crippen LogP contribution in [0.5, 0.6) is 0 Å². The topological polar surface area (TPSA) is 35.6 Å². The van der Waals surface area contributed by atoms with Crippen LogP contribution >= 0.6 is 22.6 Å². The maximum absolute atomic E-state index is 4.49. The molecule has 0 saturated carbocycles. The number of hydrogen-bond acceptors (Lipinski definition) is 2. The van der Waals surface area contributed by atoms with Crippen molar-refractivity contribution in [2.45, 2.75) is 13.0 Å². The molecule has 0 atom stereocenters. The summed E-state index contributed by atoms with van der Waals surface area (Å²) in [6.45, 7) is 0.903. The minimum Gasteiger partial charge on any atom is -0.331 e. The molecule has 4 nitrogen and oxygen atoms in total. The van der Waals surface area contributed by atoms with Crippen molar-refractivity contribution in [2.75, 3.05) is 0 Å². The minimum absolute atomic E-state index is 0.903. The first kappa shape index (κ1) is 13.4. The van der Waals surface area contributed by atoms with E-state index >= 15 is 0 Å². The Bertz CT molecular complexity index is 714. The molecule has 102 valence electrons. The van der Waals surface area contributed by atoms with Gasteiger partial charge in [0.1, 0.15) is 5.82 Å². The van der Waals surface area contributed by atoms with Crippen molar-refractivity contribution in [1.29, 1.82) is 0 Å². The molecule has 0 radical (unpaired) electrons. The number of halogens is 1. The second kappa shape index (κ2) is 5.78. The van der Waals surface area contributed by atoms with Gasteiger partial charge in [-0.3, -0.25) is 4.68 Å². The van der Waals surface area contributed by atoms with E-state index in [2.05, 4.69) is 67.6 Å². The van der Waals surface area contributed by atoms with E-state index in [4.69, 9.17) is 0 Å². The van der Waals surface area contributed by atoms with Gasteiger partial charge in [0.15, 0.2) is 0 Å². The lowest BCUT2D eigenvalue weighted by Crippen LogP contribution is -2.06. The summed E-state index contributed by atoms with van der Waals surface area (Å²) < 4.78 is 5.33. The highest BCUT2D eigenvalue weighted by molar-refractivity contribution is 14.1. The molecule has 0 aliphatic rings. The monoisotopic (exact) mass is 378 g/mol. The molecule has 3 aromatic rings. The first-order valence-corrected chi connectivity index (χ1v) is 7.56. The smallest absolute Gasteiger partial charge is 0.139 e. The average Bonchev–Trinajstić information content (AvgIpc) is 3.05. The van der Waals surface area contributed by atoms with Gasteiger partial charge in [0.25, 0.3) is 0 Å². The molecule has 2 heterocycles. The van der Waals surface area contributed by atoms with Crippen molar-refractivity contribution >= 4 is 22.6 Å². The van der Waals surface area contributed by atoms with Crippen LogP contribution in [0.4, 0.5) is 0 Å². The Morgan fingerprint density at radius 2 is 2.10 bits per heavy atom. The molecule has 0 amide bonds. The predicted octanol–water partition coefficient (Wildman–Crippen LogP) is 3.13. The van der Waals surface area contributed by atoms with Crippen molar-refractivity contribution in [2.24, 2.45) is 7.05 Å². The first-order chi connectivity index (χ1) is 9.74. The van der Waals surface area contributed by atoms with Gasteiger partial charge in [0.05, 0.1) is 0 Å². The summed E-state index contributed by atoms with van der Waals surface area (Å²) in [5.74, 6) is 1.02. The Hall–Kier alpha value is -1.63. The summed E-state index contributed by atoms with van der Waals surface area (Å²) >= 11 is 2.33. The zero-order chi connectivity index (χ0) is 13.9. The van der Waals surface area contributed by atoms with E-state index in [0.717, 1.165) is 24.4 Å². The predicted molar refractivity (Wildman–Crippen MR) is 87.3 cm³/mol. The van der Waals surface area contributed by atoms with Crippen LogP contribution in [0.3, 0.4) is 0 Å². The molecule has 0 N–H and O–H groups in total. The molecule has 0 bridgehead atoms. The van der Waals surface area contributed by atoms with Crippen LogP contribution in [-0.4, -0.2) is 19.3 Å². The van der Waals surface area contributed by atoms with Crippen LogP contribution in [0, 0.1) is 3.57 Å². The molecular weight excluding hydrogens is 363 g/mol. The summed E-state index contributed by atoms with van der Waals surface area (Å²) in [5, 5.41) is 4.20. The van der Waals surface area contributed by atoms with Crippen LogP contribution in [0.2, 0.25) is 0 Å². The van der Waals surface area contributed by atoms with E-state index in [9.17, 15) is 0 Å². The molecule has 20 heavy (non-hydrogen) atoms. The Kier molecular flexibility index (Phi) is 3.86. The van der Waals surface area contributed by atoms with Gasteiger partial charge >= 0.3 is 0 Å². The minimum atomic E-state index is 0.903. The van der Waals surface area contributed by atoms with Crippen LogP contribution in [0.1, 0.15) is 5.69 Å². The van der Waals surface area contributed by atoms with Crippen molar-refractivity contribution in [1.82, 2.24) is 19.3 Å². The van der Waals surface area contributed by atoms with Gasteiger partial charge in [-0.15, -0.1) is 0 Å². The van der Waals surface area contributed by atoms with E-state index < -0.39 is 0 Å². The van der Waals surface area contributed by atoms with Gasteiger partial charge in [-0.05, 0) is 40.8 Å². The van der Waals surface area contributed by atoms with Crippen LogP contribution in [-0.2, 0) is 20.0 Å². The molecule has 0 unspecified atom stereocenters. The number of aryl methyl sites for hydroxylation is 3. The van der Waals surface area contributed by atoms with Gasteiger partial charge in [-0.1, -0.05) is 12.1 Å². The summed E-state index contributed by atoms with van der Waals surface area (Å²) in [6, 6.07) is 10.5. The van der Waals surface area contributed by atoms with E-state index in [-0.39, 0.29) is 0 Å². The van der Waals surface area contributed by atoms with E-state index in [1.807, 2.05) is 30.3 Å². The molecule has 0 aliphatic carbocycles. The van der Waals surface area contributed by atoms with Crippen LogP contribution in [0.15, 0.2) is 48.9 Å². The highest BCUT2D eigenvalue weighted by Gasteiger charge is 2.07. The van der Waals surface area contributed by atoms with E-state index in [0.29, 0.717) is 0 Å². The number of imidazole rings is 1. The van der Waals surface area contributed by atoms with Gasteiger partial charge < -0.3 is 4.57 Å². The van der Waals surface area contributed by atoms with Crippen molar-refractivity contribution in [3.63, 3.8) is 0 Å². The normalized spacial score (nSPS) is 10.9. The fourth-order valence-corrected chi connectivity index (χ4v) is 2.80. The van der Waals surface area contributed by atoms with Crippen LogP contribution in [0.25, 0.3) is 11.4 Å². The number of nitrogens with zero attached hydrogens (tertiary/aromatic N) is 4. The molecule has 5 heteroatoms. The van der Waals surface area contributed by atoms with Crippen molar-refractivity contribution in [3.05, 3.63) is 58.2 Å². The molecule has 0 aliphatic heterocycles. The first-order valence-electron chi connectivity index (χ1n) is 6.48. The fourth-order valence-electron chi connectivity index (χ4n) is 2.26. The van der Waals surface area contributed by atoms with E-state index in [1.54, 1.807) is 0 Å². The molecule has 2 aromatic heterocycles. The second-order valence-corrected chi connectivity index (χ2v) is 5.90. The Morgan fingerprint density at radius 3 is 2.85 bits per heavy atom. The van der Waals surface area contributed by atoms with Crippen molar-refractivity contribution < 1.29 is 0 Å². The molecule has 0 fully saturated rings. The SMILES string of the molecule is Cn1nccc1CCn1ccnc1-c1cccc(I)c1. The Balaban J connectivity index is 1.82. The maximum Gasteiger partial charge on any atom is 0.139 e. The third kappa shape index (κ3) is 2.77.